The third-order valence-electron chi connectivity index (χ3n) is 5.52. The molecule has 1 spiro atoms. The minimum atomic E-state index is 0.0246. The fraction of sp³-hybridized carbons (Fsp3) is 0.450. The number of hydrogen-bond acceptors (Lipinski definition) is 4. The van der Waals surface area contributed by atoms with E-state index in [1.165, 1.54) is 4.88 Å². The SMILES string of the molecule is O=C(Nc1ccccc1)C1CN(Cc2cccs2)CC12CCOCC2. The van der Waals surface area contributed by atoms with Crippen LogP contribution in [-0.2, 0) is 16.1 Å². The first-order valence-corrected chi connectivity index (χ1v) is 9.82. The Morgan fingerprint density at radius 3 is 2.72 bits per heavy atom. The van der Waals surface area contributed by atoms with E-state index in [4.69, 9.17) is 4.74 Å². The number of carbonyl (C=O) groups excluding carboxylic acids is 1. The fourth-order valence-electron chi connectivity index (χ4n) is 4.21. The van der Waals surface area contributed by atoms with E-state index in [0.29, 0.717) is 0 Å². The third kappa shape index (κ3) is 3.64. The molecule has 3 heterocycles. The number of amides is 1. The van der Waals surface area contributed by atoms with E-state index < -0.39 is 0 Å². The van der Waals surface area contributed by atoms with Gasteiger partial charge in [0.2, 0.25) is 5.91 Å². The second kappa shape index (κ2) is 7.28. The normalized spacial score (nSPS) is 23.0. The molecule has 25 heavy (non-hydrogen) atoms. The molecule has 1 aromatic heterocycles. The summed E-state index contributed by atoms with van der Waals surface area (Å²) in [6, 6.07) is 14.1. The molecule has 2 aliphatic rings. The van der Waals surface area contributed by atoms with Crippen LogP contribution in [-0.4, -0.2) is 37.1 Å². The van der Waals surface area contributed by atoms with Crippen molar-refractivity contribution in [1.82, 2.24) is 4.90 Å². The van der Waals surface area contributed by atoms with Crippen molar-refractivity contribution in [1.29, 1.82) is 0 Å². The van der Waals surface area contributed by atoms with Gasteiger partial charge in [-0.05, 0) is 36.4 Å². The van der Waals surface area contributed by atoms with Crippen LogP contribution in [0.2, 0.25) is 0 Å². The van der Waals surface area contributed by atoms with E-state index in [1.807, 2.05) is 30.3 Å². The number of anilines is 1. The van der Waals surface area contributed by atoms with Crippen molar-refractivity contribution in [3.05, 3.63) is 52.7 Å². The lowest BCUT2D eigenvalue weighted by molar-refractivity contribution is -0.124. The molecule has 1 amide bonds. The van der Waals surface area contributed by atoms with E-state index in [1.54, 1.807) is 11.3 Å². The lowest BCUT2D eigenvalue weighted by atomic mass is 9.71. The second-order valence-electron chi connectivity index (χ2n) is 7.13. The number of hydrogen-bond donors (Lipinski definition) is 1. The van der Waals surface area contributed by atoms with Crippen molar-refractivity contribution in [2.45, 2.75) is 19.4 Å². The van der Waals surface area contributed by atoms with Gasteiger partial charge in [0.25, 0.3) is 0 Å². The molecule has 4 rings (SSSR count). The minimum Gasteiger partial charge on any atom is -0.381 e. The molecule has 132 valence electrons. The van der Waals surface area contributed by atoms with Crippen molar-refractivity contribution < 1.29 is 9.53 Å². The molecular formula is C20H24N2O2S. The molecule has 5 heteroatoms. The molecule has 2 fully saturated rings. The molecule has 1 aromatic carbocycles. The smallest absolute Gasteiger partial charge is 0.229 e. The van der Waals surface area contributed by atoms with Crippen LogP contribution in [0.4, 0.5) is 5.69 Å². The monoisotopic (exact) mass is 356 g/mol. The van der Waals surface area contributed by atoms with E-state index in [-0.39, 0.29) is 17.2 Å². The van der Waals surface area contributed by atoms with Crippen LogP contribution < -0.4 is 5.32 Å². The lowest BCUT2D eigenvalue weighted by Crippen LogP contribution is -2.42. The van der Waals surface area contributed by atoms with Gasteiger partial charge in [-0.1, -0.05) is 24.3 Å². The number of ether oxygens (including phenoxy) is 1. The third-order valence-corrected chi connectivity index (χ3v) is 6.39. The number of thiophene rings is 1. The summed E-state index contributed by atoms with van der Waals surface area (Å²) in [6.45, 7) is 4.29. The van der Waals surface area contributed by atoms with Crippen molar-refractivity contribution in [3.63, 3.8) is 0 Å². The molecule has 1 unspecified atom stereocenters. The zero-order valence-corrected chi connectivity index (χ0v) is 15.1. The highest BCUT2D eigenvalue weighted by Gasteiger charge is 2.50. The van der Waals surface area contributed by atoms with Crippen LogP contribution in [0.25, 0.3) is 0 Å². The van der Waals surface area contributed by atoms with Crippen LogP contribution >= 0.6 is 11.3 Å². The highest BCUT2D eigenvalue weighted by atomic mass is 32.1. The Bertz CT molecular complexity index is 696. The van der Waals surface area contributed by atoms with Crippen LogP contribution in [0.3, 0.4) is 0 Å². The van der Waals surface area contributed by atoms with E-state index >= 15 is 0 Å². The van der Waals surface area contributed by atoms with Gasteiger partial charge in [0.1, 0.15) is 0 Å². The summed E-state index contributed by atoms with van der Waals surface area (Å²) in [6.07, 6.45) is 1.95. The Kier molecular flexibility index (Phi) is 4.88. The van der Waals surface area contributed by atoms with Crippen LogP contribution in [0.5, 0.6) is 0 Å². The largest absolute Gasteiger partial charge is 0.381 e. The summed E-state index contributed by atoms with van der Waals surface area (Å²) in [5, 5.41) is 5.25. The summed E-state index contributed by atoms with van der Waals surface area (Å²) in [7, 11) is 0. The number of likely N-dealkylation sites (tertiary alicyclic amines) is 1. The topological polar surface area (TPSA) is 41.6 Å². The standard InChI is InChI=1S/C20H24N2O2S/c23-19(21-16-5-2-1-3-6-16)18-14-22(13-17-7-4-12-25-17)15-20(18)8-10-24-11-9-20/h1-7,12,18H,8-11,13-15H2,(H,21,23). The molecule has 0 radical (unpaired) electrons. The first-order chi connectivity index (χ1) is 12.3. The highest BCUT2D eigenvalue weighted by molar-refractivity contribution is 7.09. The molecule has 1 atom stereocenters. The highest BCUT2D eigenvalue weighted by Crippen LogP contribution is 2.45. The maximum absolute atomic E-state index is 13.1. The number of rotatable bonds is 4. The zero-order chi connectivity index (χ0) is 17.1. The van der Waals surface area contributed by atoms with E-state index in [9.17, 15) is 4.79 Å². The van der Waals surface area contributed by atoms with Crippen LogP contribution in [0.15, 0.2) is 47.8 Å². The van der Waals surface area contributed by atoms with E-state index in [0.717, 1.165) is 51.4 Å². The van der Waals surface area contributed by atoms with Crippen molar-refractivity contribution in [2.75, 3.05) is 31.6 Å². The average Bonchev–Trinajstić information content (AvgIpc) is 3.25. The number of benzene rings is 1. The van der Waals surface area contributed by atoms with E-state index in [2.05, 4.69) is 27.7 Å². The molecule has 0 aliphatic carbocycles. The summed E-state index contributed by atoms with van der Waals surface area (Å²) in [4.78, 5) is 16.9. The summed E-state index contributed by atoms with van der Waals surface area (Å²) < 4.78 is 5.60. The van der Waals surface area contributed by atoms with Crippen LogP contribution in [0.1, 0.15) is 17.7 Å². The first-order valence-electron chi connectivity index (χ1n) is 8.94. The van der Waals surface area contributed by atoms with Gasteiger partial charge in [-0.25, -0.2) is 0 Å². The molecule has 4 nitrogen and oxygen atoms in total. The van der Waals surface area contributed by atoms with Gasteiger partial charge >= 0.3 is 0 Å². The Balaban J connectivity index is 1.51. The maximum atomic E-state index is 13.1. The fourth-order valence-corrected chi connectivity index (χ4v) is 4.96. The van der Waals surface area contributed by atoms with Gasteiger partial charge in [0.05, 0.1) is 5.92 Å². The summed E-state index contributed by atoms with van der Waals surface area (Å²) in [5.74, 6) is 0.179. The molecule has 2 aromatic rings. The quantitative estimate of drug-likeness (QED) is 0.910. The second-order valence-corrected chi connectivity index (χ2v) is 8.16. The number of para-hydroxylation sites is 1. The number of nitrogens with zero attached hydrogens (tertiary/aromatic N) is 1. The molecular weight excluding hydrogens is 332 g/mol. The Labute approximate surface area is 152 Å². The van der Waals surface area contributed by atoms with Gasteiger partial charge in [-0.2, -0.15) is 0 Å². The zero-order valence-electron chi connectivity index (χ0n) is 14.3. The number of nitrogens with one attached hydrogen (secondary N) is 1. The van der Waals surface area contributed by atoms with Gasteiger partial charge in [-0.3, -0.25) is 9.69 Å². The van der Waals surface area contributed by atoms with Gasteiger partial charge in [0.15, 0.2) is 0 Å². The predicted molar refractivity (Wildman–Crippen MR) is 101 cm³/mol. The molecule has 0 bridgehead atoms. The Morgan fingerprint density at radius 1 is 1.20 bits per heavy atom. The van der Waals surface area contributed by atoms with Gasteiger partial charge in [0, 0.05) is 48.8 Å². The maximum Gasteiger partial charge on any atom is 0.229 e. The predicted octanol–water partition coefficient (Wildman–Crippen LogP) is 3.62. The van der Waals surface area contributed by atoms with Gasteiger partial charge in [-0.15, -0.1) is 11.3 Å². The minimum absolute atomic E-state index is 0.0246. The van der Waals surface area contributed by atoms with Crippen molar-refractivity contribution in [2.24, 2.45) is 11.3 Å². The summed E-state index contributed by atoms with van der Waals surface area (Å²) in [5.41, 5.74) is 0.931. The lowest BCUT2D eigenvalue weighted by Gasteiger charge is -2.37. The summed E-state index contributed by atoms with van der Waals surface area (Å²) >= 11 is 1.79. The Hall–Kier alpha value is -1.69. The van der Waals surface area contributed by atoms with Crippen molar-refractivity contribution >= 4 is 22.9 Å². The molecule has 2 saturated heterocycles. The molecule has 0 saturated carbocycles. The number of carbonyl (C=O) groups is 1. The van der Waals surface area contributed by atoms with Gasteiger partial charge < -0.3 is 10.1 Å². The first kappa shape index (κ1) is 16.8. The van der Waals surface area contributed by atoms with Crippen molar-refractivity contribution in [3.8, 4) is 0 Å². The molecule has 2 aliphatic heterocycles. The molecule has 1 N–H and O–H groups in total. The van der Waals surface area contributed by atoms with Crippen LogP contribution in [0, 0.1) is 11.3 Å². The average molecular weight is 356 g/mol. The Morgan fingerprint density at radius 2 is 2.00 bits per heavy atom.